The second-order valence-corrected chi connectivity index (χ2v) is 1.98. The Balaban J connectivity index is 3.53. The normalized spacial score (nSPS) is 13.6. The maximum atomic E-state index is 5.12. The molecule has 0 aliphatic heterocycles. The summed E-state index contributed by atoms with van der Waals surface area (Å²) in [5.41, 5.74) is 6.24. The smallest absolute Gasteiger partial charge is 0.0276 e. The molecule has 2 heteroatoms. The number of aliphatic imine (C=N–C) groups is 1. The fourth-order valence-electron chi connectivity index (χ4n) is 0.473. The molecule has 0 atom stereocenters. The lowest BCUT2D eigenvalue weighted by molar-refractivity contribution is 1.33. The van der Waals surface area contributed by atoms with E-state index >= 15 is 0 Å². The summed E-state index contributed by atoms with van der Waals surface area (Å²) in [7, 11) is 1.79. The molecule has 0 aromatic carbocycles. The van der Waals surface area contributed by atoms with Crippen molar-refractivity contribution in [2.24, 2.45) is 10.7 Å². The molecule has 0 bridgehead atoms. The Bertz CT molecular complexity index is 155. The summed E-state index contributed by atoms with van der Waals surface area (Å²) < 4.78 is 0. The van der Waals surface area contributed by atoms with E-state index in [4.69, 9.17) is 5.73 Å². The van der Waals surface area contributed by atoms with Crippen molar-refractivity contribution in [3.63, 3.8) is 0 Å². The Morgan fingerprint density at radius 2 is 2.20 bits per heavy atom. The summed E-state index contributed by atoms with van der Waals surface area (Å²) in [5, 5.41) is 0. The Labute approximate surface area is 62.1 Å². The van der Waals surface area contributed by atoms with Gasteiger partial charge in [-0.3, -0.25) is 4.99 Å². The summed E-state index contributed by atoms with van der Waals surface area (Å²) >= 11 is 0. The molecule has 0 heterocycles. The largest absolute Gasteiger partial charge is 0.405 e. The Morgan fingerprint density at radius 1 is 1.50 bits per heavy atom. The van der Waals surface area contributed by atoms with Crippen molar-refractivity contribution in [1.82, 2.24) is 0 Å². The first-order chi connectivity index (χ1) is 4.81. The van der Waals surface area contributed by atoms with Gasteiger partial charge in [-0.1, -0.05) is 12.2 Å². The van der Waals surface area contributed by atoms with Crippen LogP contribution in [-0.4, -0.2) is 12.8 Å². The fraction of sp³-hybridized carbons (Fsp3) is 0.375. The first kappa shape index (κ1) is 8.95. The van der Waals surface area contributed by atoms with Crippen molar-refractivity contribution in [2.45, 2.75) is 13.3 Å². The molecule has 0 aromatic heterocycles. The van der Waals surface area contributed by atoms with Crippen LogP contribution in [0.25, 0.3) is 0 Å². The van der Waals surface area contributed by atoms with E-state index in [-0.39, 0.29) is 0 Å². The van der Waals surface area contributed by atoms with Gasteiger partial charge in [0.25, 0.3) is 0 Å². The molecule has 0 aliphatic rings. The topological polar surface area (TPSA) is 38.4 Å². The van der Waals surface area contributed by atoms with Crippen molar-refractivity contribution < 1.29 is 0 Å². The average Bonchev–Trinajstić information content (AvgIpc) is 1.98. The number of hydrogen-bond acceptors (Lipinski definition) is 2. The van der Waals surface area contributed by atoms with Crippen LogP contribution in [0, 0.1) is 0 Å². The van der Waals surface area contributed by atoms with Gasteiger partial charge in [0.05, 0.1) is 0 Å². The molecule has 2 N–H and O–H groups in total. The van der Waals surface area contributed by atoms with Gasteiger partial charge in [-0.2, -0.15) is 0 Å². The molecule has 0 aliphatic carbocycles. The molecular weight excluding hydrogens is 124 g/mol. The summed E-state index contributed by atoms with van der Waals surface area (Å²) in [6.45, 7) is 2.00. The first-order valence-electron chi connectivity index (χ1n) is 3.27. The van der Waals surface area contributed by atoms with Gasteiger partial charge >= 0.3 is 0 Å². The van der Waals surface area contributed by atoms with Gasteiger partial charge in [0, 0.05) is 19.2 Å². The van der Waals surface area contributed by atoms with Crippen molar-refractivity contribution in [1.29, 1.82) is 0 Å². The Hall–Kier alpha value is -1.05. The van der Waals surface area contributed by atoms with E-state index in [1.807, 2.05) is 19.1 Å². The average molecular weight is 138 g/mol. The van der Waals surface area contributed by atoms with E-state index < -0.39 is 0 Å². The molecule has 0 saturated carbocycles. The van der Waals surface area contributed by atoms with E-state index in [0.29, 0.717) is 0 Å². The summed E-state index contributed by atoms with van der Waals surface area (Å²) in [6.07, 6.45) is 8.14. The van der Waals surface area contributed by atoms with Crippen LogP contribution in [0.2, 0.25) is 0 Å². The van der Waals surface area contributed by atoms with Gasteiger partial charge in [0.15, 0.2) is 0 Å². The highest BCUT2D eigenvalue weighted by atomic mass is 14.7. The van der Waals surface area contributed by atoms with E-state index in [1.165, 1.54) is 6.20 Å². The van der Waals surface area contributed by atoms with E-state index in [1.54, 1.807) is 13.1 Å². The van der Waals surface area contributed by atoms with Gasteiger partial charge in [-0.05, 0) is 19.2 Å². The van der Waals surface area contributed by atoms with Crippen molar-refractivity contribution in [2.75, 3.05) is 7.05 Å². The zero-order chi connectivity index (χ0) is 7.82. The lowest BCUT2D eigenvalue weighted by Crippen LogP contribution is -1.85. The van der Waals surface area contributed by atoms with Crippen LogP contribution >= 0.6 is 0 Å². The fourth-order valence-corrected chi connectivity index (χ4v) is 0.473. The summed E-state index contributed by atoms with van der Waals surface area (Å²) in [6, 6.07) is 0. The molecule has 56 valence electrons. The number of allylic oxidation sites excluding steroid dienone is 3. The van der Waals surface area contributed by atoms with Crippen LogP contribution < -0.4 is 5.73 Å². The molecule has 0 unspecified atom stereocenters. The number of rotatable bonds is 3. The highest BCUT2D eigenvalue weighted by Crippen LogP contribution is 1.87. The zero-order valence-electron chi connectivity index (χ0n) is 6.54. The second-order valence-electron chi connectivity index (χ2n) is 1.98. The number of hydrogen-bond donors (Lipinski definition) is 1. The van der Waals surface area contributed by atoms with Crippen LogP contribution in [0.3, 0.4) is 0 Å². The molecule has 10 heavy (non-hydrogen) atoms. The van der Waals surface area contributed by atoms with Crippen LogP contribution in [-0.2, 0) is 0 Å². The SMILES string of the molecule is CN=C(C)C/C=C\C=C/N. The molecule has 2 nitrogen and oxygen atoms in total. The minimum atomic E-state index is 0.904. The maximum Gasteiger partial charge on any atom is 0.0276 e. The summed E-state index contributed by atoms with van der Waals surface area (Å²) in [4.78, 5) is 4.00. The molecule has 0 saturated heterocycles. The number of nitrogens with two attached hydrogens (primary N) is 1. The van der Waals surface area contributed by atoms with Crippen LogP contribution in [0.5, 0.6) is 0 Å². The minimum absolute atomic E-state index is 0.904. The molecule has 0 fully saturated rings. The highest BCUT2D eigenvalue weighted by molar-refractivity contribution is 5.83. The predicted octanol–water partition coefficient (Wildman–Crippen LogP) is 1.50. The lowest BCUT2D eigenvalue weighted by atomic mass is 10.3. The highest BCUT2D eigenvalue weighted by Gasteiger charge is 1.80. The van der Waals surface area contributed by atoms with Crippen molar-refractivity contribution >= 4 is 5.71 Å². The molecule has 0 amide bonds. The van der Waals surface area contributed by atoms with Crippen LogP contribution in [0.4, 0.5) is 0 Å². The van der Waals surface area contributed by atoms with Gasteiger partial charge in [0.1, 0.15) is 0 Å². The standard InChI is InChI=1S/C8H14N2/c1-8(10-2)6-4-3-5-7-9/h3-5,7H,6,9H2,1-2H3/b4-3-,7-5-,10-8?. The third-order valence-corrected chi connectivity index (χ3v) is 1.15. The van der Waals surface area contributed by atoms with E-state index in [9.17, 15) is 0 Å². The Kier molecular flexibility index (Phi) is 5.44. The zero-order valence-corrected chi connectivity index (χ0v) is 6.54. The van der Waals surface area contributed by atoms with Gasteiger partial charge in [-0.15, -0.1) is 0 Å². The van der Waals surface area contributed by atoms with Crippen molar-refractivity contribution in [3.05, 3.63) is 24.4 Å². The molecular formula is C8H14N2. The first-order valence-corrected chi connectivity index (χ1v) is 3.27. The van der Waals surface area contributed by atoms with Crippen LogP contribution in [0.1, 0.15) is 13.3 Å². The predicted molar refractivity (Wildman–Crippen MR) is 46.1 cm³/mol. The number of nitrogens with zero attached hydrogens (tertiary/aromatic N) is 1. The molecule has 0 radical (unpaired) electrons. The summed E-state index contributed by atoms with van der Waals surface area (Å²) in [5.74, 6) is 0. The van der Waals surface area contributed by atoms with E-state index in [0.717, 1.165) is 12.1 Å². The second kappa shape index (κ2) is 6.08. The third-order valence-electron chi connectivity index (χ3n) is 1.15. The third kappa shape index (κ3) is 5.09. The van der Waals surface area contributed by atoms with Gasteiger partial charge in [-0.25, -0.2) is 0 Å². The van der Waals surface area contributed by atoms with Gasteiger partial charge in [0.2, 0.25) is 0 Å². The van der Waals surface area contributed by atoms with E-state index in [2.05, 4.69) is 4.99 Å². The molecule has 0 aromatic rings. The monoisotopic (exact) mass is 138 g/mol. The Morgan fingerprint density at radius 3 is 2.70 bits per heavy atom. The van der Waals surface area contributed by atoms with Crippen molar-refractivity contribution in [3.8, 4) is 0 Å². The quantitative estimate of drug-likeness (QED) is 0.465. The van der Waals surface area contributed by atoms with Crippen LogP contribution in [0.15, 0.2) is 29.4 Å². The lowest BCUT2D eigenvalue weighted by Gasteiger charge is -1.88. The maximum absolute atomic E-state index is 5.12. The molecule has 0 spiro atoms. The minimum Gasteiger partial charge on any atom is -0.405 e. The molecule has 0 rings (SSSR count). The van der Waals surface area contributed by atoms with Gasteiger partial charge < -0.3 is 5.73 Å².